The van der Waals surface area contributed by atoms with E-state index in [0.29, 0.717) is 6.61 Å². The number of aromatic carboxylic acids is 1. The van der Waals surface area contributed by atoms with E-state index in [4.69, 9.17) is 14.6 Å². The van der Waals surface area contributed by atoms with Gasteiger partial charge in [0, 0.05) is 18.7 Å². The molecule has 6 heteroatoms. The third-order valence-electron chi connectivity index (χ3n) is 3.35. The highest BCUT2D eigenvalue weighted by molar-refractivity contribution is 5.85. The van der Waals surface area contributed by atoms with Crippen LogP contribution in [0.3, 0.4) is 0 Å². The summed E-state index contributed by atoms with van der Waals surface area (Å²) in [5, 5.41) is 9.16. The molecule has 0 aromatic carbocycles. The molecule has 1 aliphatic rings. The minimum atomic E-state index is -1.11. The predicted octanol–water partition coefficient (Wildman–Crippen LogP) is 1.30. The molecule has 1 N–H and O–H groups in total. The number of rotatable bonds is 5. The van der Waals surface area contributed by atoms with Crippen LogP contribution in [0.1, 0.15) is 36.3 Å². The average Bonchev–Trinajstić information content (AvgIpc) is 2.33. The van der Waals surface area contributed by atoms with Gasteiger partial charge in [0.05, 0.1) is 19.4 Å². The molecule has 1 heterocycles. The standard InChI is InChI=1S/C13H17NO5/c1-3-19-9-4-8(5-9)14-7-12(18-2)11(15)6-10(14)13(16)17/h6-9H,3-5H2,1-2H3,(H,16,17). The smallest absolute Gasteiger partial charge is 0.352 e. The lowest BCUT2D eigenvalue weighted by Crippen LogP contribution is -2.35. The molecule has 0 saturated heterocycles. The van der Waals surface area contributed by atoms with Gasteiger partial charge in [0.2, 0.25) is 5.43 Å². The molecule has 0 atom stereocenters. The summed E-state index contributed by atoms with van der Waals surface area (Å²) in [4.78, 5) is 22.8. The van der Waals surface area contributed by atoms with Crippen LogP contribution in [0, 0.1) is 0 Å². The number of carboxylic acid groups (broad SMARTS) is 1. The Morgan fingerprint density at radius 2 is 2.21 bits per heavy atom. The van der Waals surface area contributed by atoms with E-state index < -0.39 is 11.4 Å². The molecule has 6 nitrogen and oxygen atoms in total. The van der Waals surface area contributed by atoms with E-state index in [1.165, 1.54) is 13.3 Å². The van der Waals surface area contributed by atoms with Crippen molar-refractivity contribution in [3.05, 3.63) is 28.2 Å². The first kappa shape index (κ1) is 13.6. The van der Waals surface area contributed by atoms with Crippen molar-refractivity contribution in [2.45, 2.75) is 31.9 Å². The van der Waals surface area contributed by atoms with Crippen molar-refractivity contribution >= 4 is 5.97 Å². The lowest BCUT2D eigenvalue weighted by molar-refractivity contribution is -0.0208. The first-order valence-electron chi connectivity index (χ1n) is 6.21. The number of ether oxygens (including phenoxy) is 2. The summed E-state index contributed by atoms with van der Waals surface area (Å²) >= 11 is 0. The zero-order valence-electron chi connectivity index (χ0n) is 11.0. The fourth-order valence-corrected chi connectivity index (χ4v) is 2.29. The molecular formula is C13H17NO5. The molecule has 0 radical (unpaired) electrons. The van der Waals surface area contributed by atoms with Gasteiger partial charge in [-0.25, -0.2) is 4.79 Å². The van der Waals surface area contributed by atoms with Gasteiger partial charge in [-0.15, -0.1) is 0 Å². The first-order valence-corrected chi connectivity index (χ1v) is 6.21. The van der Waals surface area contributed by atoms with Crippen molar-refractivity contribution in [3.63, 3.8) is 0 Å². The summed E-state index contributed by atoms with van der Waals surface area (Å²) in [7, 11) is 1.39. The van der Waals surface area contributed by atoms with E-state index in [1.807, 2.05) is 6.92 Å². The number of carboxylic acids is 1. The van der Waals surface area contributed by atoms with Crippen molar-refractivity contribution in [3.8, 4) is 5.75 Å². The van der Waals surface area contributed by atoms with Crippen LogP contribution in [0.4, 0.5) is 0 Å². The van der Waals surface area contributed by atoms with Crippen LogP contribution in [-0.4, -0.2) is 35.5 Å². The highest BCUT2D eigenvalue weighted by atomic mass is 16.5. The number of methoxy groups -OCH3 is 1. The summed E-state index contributed by atoms with van der Waals surface area (Å²) in [6, 6.07) is 1.15. The van der Waals surface area contributed by atoms with Crippen molar-refractivity contribution in [1.29, 1.82) is 0 Å². The number of carbonyl (C=O) groups is 1. The van der Waals surface area contributed by atoms with Gasteiger partial charge in [0.15, 0.2) is 5.75 Å². The minimum Gasteiger partial charge on any atom is -0.491 e. The van der Waals surface area contributed by atoms with Gasteiger partial charge < -0.3 is 19.1 Å². The van der Waals surface area contributed by atoms with Crippen LogP contribution in [0.5, 0.6) is 5.75 Å². The minimum absolute atomic E-state index is 0.00857. The summed E-state index contributed by atoms with van der Waals surface area (Å²) in [5.74, 6) is -0.954. The number of pyridine rings is 1. The summed E-state index contributed by atoms with van der Waals surface area (Å²) in [5.41, 5.74) is -0.428. The molecule has 0 bridgehead atoms. The van der Waals surface area contributed by atoms with E-state index in [9.17, 15) is 9.59 Å². The SMILES string of the molecule is CCOC1CC(n2cc(OC)c(=O)cc2C(=O)O)C1. The van der Waals surface area contributed by atoms with Gasteiger partial charge >= 0.3 is 5.97 Å². The third kappa shape index (κ3) is 2.63. The Morgan fingerprint density at radius 1 is 1.53 bits per heavy atom. The number of hydrogen-bond acceptors (Lipinski definition) is 4. The summed E-state index contributed by atoms with van der Waals surface area (Å²) in [6.07, 6.45) is 3.14. The van der Waals surface area contributed by atoms with E-state index in [0.717, 1.165) is 18.9 Å². The zero-order chi connectivity index (χ0) is 14.0. The molecule has 0 aliphatic heterocycles. The van der Waals surface area contributed by atoms with E-state index in [-0.39, 0.29) is 23.6 Å². The van der Waals surface area contributed by atoms with E-state index >= 15 is 0 Å². The number of hydrogen-bond donors (Lipinski definition) is 1. The second-order valence-corrected chi connectivity index (χ2v) is 4.51. The molecule has 1 saturated carbocycles. The van der Waals surface area contributed by atoms with Crippen molar-refractivity contribution in [2.75, 3.05) is 13.7 Å². The Hall–Kier alpha value is -1.82. The Balaban J connectivity index is 2.29. The monoisotopic (exact) mass is 267 g/mol. The molecule has 0 unspecified atom stereocenters. The van der Waals surface area contributed by atoms with Crippen LogP contribution in [0.15, 0.2) is 17.1 Å². The Morgan fingerprint density at radius 3 is 2.74 bits per heavy atom. The Labute approximate surface area is 110 Å². The fraction of sp³-hybridized carbons (Fsp3) is 0.538. The second kappa shape index (κ2) is 5.44. The lowest BCUT2D eigenvalue weighted by Gasteiger charge is -2.37. The van der Waals surface area contributed by atoms with Gasteiger partial charge in [-0.1, -0.05) is 0 Å². The van der Waals surface area contributed by atoms with Crippen LogP contribution < -0.4 is 10.2 Å². The maximum Gasteiger partial charge on any atom is 0.352 e. The van der Waals surface area contributed by atoms with E-state index in [1.54, 1.807) is 4.57 Å². The van der Waals surface area contributed by atoms with Crippen molar-refractivity contribution in [1.82, 2.24) is 4.57 Å². The maximum atomic E-state index is 11.6. The molecule has 104 valence electrons. The lowest BCUT2D eigenvalue weighted by atomic mass is 9.88. The quantitative estimate of drug-likeness (QED) is 0.870. The molecular weight excluding hydrogens is 250 g/mol. The van der Waals surface area contributed by atoms with Gasteiger partial charge in [-0.05, 0) is 19.8 Å². The molecule has 19 heavy (non-hydrogen) atoms. The molecule has 1 aromatic rings. The molecule has 1 aromatic heterocycles. The van der Waals surface area contributed by atoms with Crippen LogP contribution in [0.25, 0.3) is 0 Å². The first-order chi connectivity index (χ1) is 9.06. The maximum absolute atomic E-state index is 11.6. The van der Waals surface area contributed by atoms with Gasteiger partial charge in [-0.3, -0.25) is 4.79 Å². The Bertz CT molecular complexity index is 530. The van der Waals surface area contributed by atoms with Crippen molar-refractivity contribution in [2.24, 2.45) is 0 Å². The third-order valence-corrected chi connectivity index (χ3v) is 3.35. The van der Waals surface area contributed by atoms with Gasteiger partial charge in [0.1, 0.15) is 5.69 Å². The summed E-state index contributed by atoms with van der Waals surface area (Å²) in [6.45, 7) is 2.58. The van der Waals surface area contributed by atoms with E-state index in [2.05, 4.69) is 0 Å². The van der Waals surface area contributed by atoms with Gasteiger partial charge in [0.25, 0.3) is 0 Å². The highest BCUT2D eigenvalue weighted by Gasteiger charge is 2.33. The summed E-state index contributed by atoms with van der Waals surface area (Å²) < 4.78 is 12.0. The zero-order valence-corrected chi connectivity index (χ0v) is 11.0. The van der Waals surface area contributed by atoms with Crippen LogP contribution >= 0.6 is 0 Å². The van der Waals surface area contributed by atoms with Crippen molar-refractivity contribution < 1.29 is 19.4 Å². The molecule has 0 spiro atoms. The Kier molecular flexibility index (Phi) is 3.90. The van der Waals surface area contributed by atoms with Gasteiger partial charge in [-0.2, -0.15) is 0 Å². The topological polar surface area (TPSA) is 77.8 Å². The molecule has 1 aliphatic carbocycles. The molecule has 0 amide bonds. The van der Waals surface area contributed by atoms with Crippen LogP contribution in [-0.2, 0) is 4.74 Å². The molecule has 1 fully saturated rings. The predicted molar refractivity (Wildman–Crippen MR) is 67.9 cm³/mol. The second-order valence-electron chi connectivity index (χ2n) is 4.51. The van der Waals surface area contributed by atoms with Crippen LogP contribution in [0.2, 0.25) is 0 Å². The molecule has 2 rings (SSSR count). The number of aromatic nitrogens is 1. The normalized spacial score (nSPS) is 21.8. The largest absolute Gasteiger partial charge is 0.491 e. The number of nitrogens with zero attached hydrogens (tertiary/aromatic N) is 1. The fourth-order valence-electron chi connectivity index (χ4n) is 2.29. The average molecular weight is 267 g/mol. The highest BCUT2D eigenvalue weighted by Crippen LogP contribution is 2.35.